The predicted molar refractivity (Wildman–Crippen MR) is 153 cm³/mol. The van der Waals surface area contributed by atoms with E-state index in [0.29, 0.717) is 13.1 Å². The quantitative estimate of drug-likeness (QED) is 0.286. The number of anilines is 2. The van der Waals surface area contributed by atoms with Crippen LogP contribution in [0.2, 0.25) is 5.02 Å². The van der Waals surface area contributed by atoms with Crippen molar-refractivity contribution in [2.75, 3.05) is 42.9 Å². The highest BCUT2D eigenvalue weighted by Gasteiger charge is 2.30. The number of carbonyl (C=O) groups excluding carboxylic acids is 1. The van der Waals surface area contributed by atoms with Crippen molar-refractivity contribution in [1.82, 2.24) is 19.8 Å². The summed E-state index contributed by atoms with van der Waals surface area (Å²) in [5, 5.41) is 8.77. The van der Waals surface area contributed by atoms with Gasteiger partial charge >= 0.3 is 0 Å². The zero-order chi connectivity index (χ0) is 25.9. The van der Waals surface area contributed by atoms with E-state index in [1.807, 2.05) is 53.0 Å². The van der Waals surface area contributed by atoms with Gasteiger partial charge in [0.1, 0.15) is 5.69 Å². The highest BCUT2D eigenvalue weighted by atomic mass is 35.5. The van der Waals surface area contributed by atoms with Crippen LogP contribution in [0.5, 0.6) is 0 Å². The standard InChI is InChI=1S/C29H35ClN6O/c1-20-19-35(26-10-6-7-22-11-12-33-28(22)26)15-16-36(20)29(37)27-17-23(21(2)34(27)3)18-31-13-14-32-25-9-5-4-8-24(25)30/h4-12,17,20,31-33H,13-16,18-19H2,1-3H3/t20-/m0/s1. The molecule has 2 aromatic heterocycles. The van der Waals surface area contributed by atoms with Crippen LogP contribution < -0.4 is 15.5 Å². The number of nitrogens with zero attached hydrogens (tertiary/aromatic N) is 3. The van der Waals surface area contributed by atoms with Crippen molar-refractivity contribution in [2.45, 2.75) is 26.4 Å². The molecule has 5 rings (SSSR count). The lowest BCUT2D eigenvalue weighted by atomic mass is 10.1. The molecule has 0 saturated carbocycles. The van der Waals surface area contributed by atoms with Gasteiger partial charge in [0.15, 0.2) is 0 Å². The number of para-hydroxylation sites is 2. The van der Waals surface area contributed by atoms with Gasteiger partial charge in [-0.2, -0.15) is 0 Å². The lowest BCUT2D eigenvalue weighted by Crippen LogP contribution is -2.54. The van der Waals surface area contributed by atoms with Crippen molar-refractivity contribution in [2.24, 2.45) is 7.05 Å². The number of halogens is 1. The van der Waals surface area contributed by atoms with Gasteiger partial charge in [-0.05, 0) is 49.7 Å². The van der Waals surface area contributed by atoms with Crippen molar-refractivity contribution in [3.05, 3.63) is 82.8 Å². The van der Waals surface area contributed by atoms with E-state index in [1.165, 1.54) is 11.1 Å². The van der Waals surface area contributed by atoms with E-state index in [2.05, 4.69) is 58.6 Å². The maximum Gasteiger partial charge on any atom is 0.270 e. The van der Waals surface area contributed by atoms with E-state index in [0.717, 1.165) is 59.4 Å². The molecule has 1 aliphatic rings. The summed E-state index contributed by atoms with van der Waals surface area (Å²) in [5.74, 6) is 0.0995. The maximum absolute atomic E-state index is 13.6. The van der Waals surface area contributed by atoms with E-state index in [-0.39, 0.29) is 11.9 Å². The lowest BCUT2D eigenvalue weighted by Gasteiger charge is -2.41. The Morgan fingerprint density at radius 2 is 1.95 bits per heavy atom. The number of hydrogen-bond acceptors (Lipinski definition) is 4. The first-order chi connectivity index (χ1) is 17.9. The summed E-state index contributed by atoms with van der Waals surface area (Å²) in [6.45, 7) is 8.79. The molecule has 0 spiro atoms. The number of amides is 1. The molecule has 1 atom stereocenters. The molecule has 7 nitrogen and oxygen atoms in total. The van der Waals surface area contributed by atoms with Gasteiger partial charge in [-0.15, -0.1) is 0 Å². The van der Waals surface area contributed by atoms with Crippen molar-refractivity contribution < 1.29 is 4.79 Å². The number of H-pyrrole nitrogens is 1. The highest BCUT2D eigenvalue weighted by Crippen LogP contribution is 2.28. The van der Waals surface area contributed by atoms with Crippen LogP contribution in [0.3, 0.4) is 0 Å². The molecule has 0 bridgehead atoms. The third-order valence-electron chi connectivity index (χ3n) is 7.46. The average molecular weight is 519 g/mol. The van der Waals surface area contributed by atoms with E-state index in [1.54, 1.807) is 0 Å². The molecule has 0 unspecified atom stereocenters. The number of nitrogens with one attached hydrogen (secondary N) is 3. The fourth-order valence-electron chi connectivity index (χ4n) is 5.22. The first-order valence-electron chi connectivity index (χ1n) is 12.9. The molecule has 2 aromatic carbocycles. The fraction of sp³-hybridized carbons (Fsp3) is 0.345. The van der Waals surface area contributed by atoms with Crippen LogP contribution >= 0.6 is 11.6 Å². The first-order valence-corrected chi connectivity index (χ1v) is 13.3. The number of fused-ring (bicyclic) bond motifs is 1. The second kappa shape index (κ2) is 10.9. The summed E-state index contributed by atoms with van der Waals surface area (Å²) in [6.07, 6.45) is 1.98. The molecule has 0 radical (unpaired) electrons. The van der Waals surface area contributed by atoms with Crippen molar-refractivity contribution in [1.29, 1.82) is 0 Å². The Balaban J connectivity index is 1.18. The fourth-order valence-corrected chi connectivity index (χ4v) is 5.42. The second-order valence-electron chi connectivity index (χ2n) is 9.80. The molecule has 1 amide bonds. The number of carbonyl (C=O) groups is 1. The maximum atomic E-state index is 13.6. The molecular formula is C29H35ClN6O. The summed E-state index contributed by atoms with van der Waals surface area (Å²) in [4.78, 5) is 21.4. The molecule has 8 heteroatoms. The van der Waals surface area contributed by atoms with Crippen LogP contribution in [-0.2, 0) is 13.6 Å². The van der Waals surface area contributed by atoms with Crippen LogP contribution in [-0.4, -0.2) is 59.1 Å². The van der Waals surface area contributed by atoms with Gasteiger partial charge in [0.2, 0.25) is 0 Å². The zero-order valence-corrected chi connectivity index (χ0v) is 22.5. The molecule has 1 aliphatic heterocycles. The largest absolute Gasteiger partial charge is 0.383 e. The van der Waals surface area contributed by atoms with Gasteiger partial charge < -0.3 is 30.0 Å². The van der Waals surface area contributed by atoms with Crippen LogP contribution in [0.4, 0.5) is 11.4 Å². The van der Waals surface area contributed by atoms with Gasteiger partial charge in [-0.25, -0.2) is 0 Å². The summed E-state index contributed by atoms with van der Waals surface area (Å²) in [5.41, 5.74) is 6.30. The normalized spacial score (nSPS) is 15.9. The number of hydrogen-bond donors (Lipinski definition) is 3. The smallest absolute Gasteiger partial charge is 0.270 e. The summed E-state index contributed by atoms with van der Waals surface area (Å²) in [6, 6.07) is 18.4. The number of rotatable bonds is 8. The molecule has 1 saturated heterocycles. The topological polar surface area (TPSA) is 68.3 Å². The van der Waals surface area contributed by atoms with Crippen LogP contribution in [0.1, 0.15) is 28.7 Å². The minimum absolute atomic E-state index is 0.0995. The molecule has 4 aromatic rings. The van der Waals surface area contributed by atoms with E-state index in [4.69, 9.17) is 11.6 Å². The van der Waals surface area contributed by atoms with Gasteiger partial charge in [-0.1, -0.05) is 35.9 Å². The number of piperazine rings is 1. The van der Waals surface area contributed by atoms with E-state index in [9.17, 15) is 4.79 Å². The van der Waals surface area contributed by atoms with Crippen LogP contribution in [0, 0.1) is 6.92 Å². The van der Waals surface area contributed by atoms with Crippen molar-refractivity contribution in [3.8, 4) is 0 Å². The monoisotopic (exact) mass is 518 g/mol. The number of aromatic amines is 1. The van der Waals surface area contributed by atoms with E-state index >= 15 is 0 Å². The molecule has 0 aliphatic carbocycles. The van der Waals surface area contributed by atoms with Gasteiger partial charge in [0, 0.05) is 69.6 Å². The Bertz CT molecular complexity index is 1390. The summed E-state index contributed by atoms with van der Waals surface area (Å²) >= 11 is 6.21. The molecule has 3 N–H and O–H groups in total. The predicted octanol–water partition coefficient (Wildman–Crippen LogP) is 5.02. The third-order valence-corrected chi connectivity index (χ3v) is 7.79. The zero-order valence-electron chi connectivity index (χ0n) is 21.7. The first kappa shape index (κ1) is 25.2. The van der Waals surface area contributed by atoms with Gasteiger partial charge in [-0.3, -0.25) is 4.79 Å². The summed E-state index contributed by atoms with van der Waals surface area (Å²) in [7, 11) is 1.98. The Labute approximate surface area is 223 Å². The van der Waals surface area contributed by atoms with Crippen LogP contribution in [0.25, 0.3) is 10.9 Å². The Kier molecular flexibility index (Phi) is 7.44. The molecule has 194 valence electrons. The molecule has 37 heavy (non-hydrogen) atoms. The summed E-state index contributed by atoms with van der Waals surface area (Å²) < 4.78 is 2.03. The highest BCUT2D eigenvalue weighted by molar-refractivity contribution is 6.33. The molecule has 3 heterocycles. The number of aromatic nitrogens is 2. The Hall–Kier alpha value is -3.42. The average Bonchev–Trinajstić information content (AvgIpc) is 3.49. The Morgan fingerprint density at radius 1 is 1.11 bits per heavy atom. The van der Waals surface area contributed by atoms with E-state index < -0.39 is 0 Å². The Morgan fingerprint density at radius 3 is 2.76 bits per heavy atom. The third kappa shape index (κ3) is 5.20. The van der Waals surface area contributed by atoms with Crippen molar-refractivity contribution >= 4 is 39.8 Å². The lowest BCUT2D eigenvalue weighted by molar-refractivity contribution is 0.0664. The van der Waals surface area contributed by atoms with Gasteiger partial charge in [0.25, 0.3) is 5.91 Å². The molecule has 1 fully saturated rings. The van der Waals surface area contributed by atoms with Crippen LogP contribution in [0.15, 0.2) is 60.8 Å². The SMILES string of the molecule is Cc1c(CNCCNc2ccccc2Cl)cc(C(=O)N2CCN(c3cccc4cc[nH]c34)C[C@@H]2C)n1C. The molecular weight excluding hydrogens is 484 g/mol. The van der Waals surface area contributed by atoms with Gasteiger partial charge in [0.05, 0.1) is 21.9 Å². The number of benzene rings is 2. The minimum atomic E-state index is 0.0995. The second-order valence-corrected chi connectivity index (χ2v) is 10.2. The van der Waals surface area contributed by atoms with Crippen molar-refractivity contribution in [3.63, 3.8) is 0 Å². The minimum Gasteiger partial charge on any atom is -0.383 e.